The number of nitrogens with one attached hydrogen (secondary N) is 1. The van der Waals surface area contributed by atoms with Crippen LogP contribution in [0.2, 0.25) is 5.02 Å². The number of hydrogen-bond donors (Lipinski definition) is 1. The highest BCUT2D eigenvalue weighted by molar-refractivity contribution is 6.31. The molecule has 2 amide bonds. The van der Waals surface area contributed by atoms with Gasteiger partial charge in [-0.3, -0.25) is 4.90 Å². The van der Waals surface area contributed by atoms with Crippen LogP contribution in [0.1, 0.15) is 31.2 Å². The minimum absolute atomic E-state index is 0.111. The number of methoxy groups -OCH3 is 1. The van der Waals surface area contributed by atoms with Crippen LogP contribution in [-0.4, -0.2) is 55.7 Å². The standard InChI is InChI=1S/C25H32ClN3O3/c1-28(25(30)27-20-6-9-21(31-2)10-7-20)16-18-13-23(14-18)32-22-8-5-19(24(26)15-22)17-29-11-3-4-12-29/h5-10,15,18,23H,3-4,11-14,16-17H2,1-2H3,(H,27,30). The smallest absolute Gasteiger partial charge is 0.321 e. The first-order valence-corrected chi connectivity index (χ1v) is 11.7. The van der Waals surface area contributed by atoms with E-state index in [0.717, 1.165) is 60.2 Å². The molecule has 172 valence electrons. The second-order valence-electron chi connectivity index (χ2n) is 8.85. The number of carbonyl (C=O) groups is 1. The normalized spacial score (nSPS) is 20.5. The third-order valence-corrected chi connectivity index (χ3v) is 6.68. The number of amides is 2. The summed E-state index contributed by atoms with van der Waals surface area (Å²) in [4.78, 5) is 16.6. The summed E-state index contributed by atoms with van der Waals surface area (Å²) in [7, 11) is 3.45. The SMILES string of the molecule is COc1ccc(NC(=O)N(C)CC2CC(Oc3ccc(CN4CCCC4)c(Cl)c3)C2)cc1. The Morgan fingerprint density at radius 3 is 2.47 bits per heavy atom. The second kappa shape index (κ2) is 10.5. The van der Waals surface area contributed by atoms with E-state index in [1.807, 2.05) is 43.4 Å². The van der Waals surface area contributed by atoms with Crippen molar-refractivity contribution >= 4 is 23.3 Å². The van der Waals surface area contributed by atoms with Crippen molar-refractivity contribution in [3.63, 3.8) is 0 Å². The van der Waals surface area contributed by atoms with Crippen LogP contribution in [-0.2, 0) is 6.54 Å². The van der Waals surface area contributed by atoms with E-state index in [-0.39, 0.29) is 12.1 Å². The molecule has 32 heavy (non-hydrogen) atoms. The molecule has 2 aliphatic rings. The first kappa shape index (κ1) is 22.7. The third-order valence-electron chi connectivity index (χ3n) is 6.33. The average Bonchev–Trinajstić information content (AvgIpc) is 3.27. The maximum atomic E-state index is 12.4. The van der Waals surface area contributed by atoms with Gasteiger partial charge in [0.2, 0.25) is 0 Å². The van der Waals surface area contributed by atoms with E-state index < -0.39 is 0 Å². The van der Waals surface area contributed by atoms with Gasteiger partial charge in [-0.05, 0) is 86.7 Å². The number of urea groups is 1. The minimum atomic E-state index is -0.111. The Labute approximate surface area is 195 Å². The molecule has 2 aromatic carbocycles. The van der Waals surface area contributed by atoms with Crippen LogP contribution in [0.5, 0.6) is 11.5 Å². The highest BCUT2D eigenvalue weighted by atomic mass is 35.5. The molecule has 2 aromatic rings. The number of nitrogens with zero attached hydrogens (tertiary/aromatic N) is 2. The molecule has 4 rings (SSSR count). The van der Waals surface area contributed by atoms with E-state index in [9.17, 15) is 4.79 Å². The number of hydrogen-bond acceptors (Lipinski definition) is 4. The molecule has 1 N–H and O–H groups in total. The molecular weight excluding hydrogens is 426 g/mol. The Hall–Kier alpha value is -2.44. The van der Waals surface area contributed by atoms with E-state index >= 15 is 0 Å². The summed E-state index contributed by atoms with van der Waals surface area (Å²) in [5, 5.41) is 3.69. The van der Waals surface area contributed by atoms with Gasteiger partial charge in [-0.2, -0.15) is 0 Å². The van der Waals surface area contributed by atoms with Gasteiger partial charge >= 0.3 is 6.03 Å². The number of halogens is 1. The maximum Gasteiger partial charge on any atom is 0.321 e. The van der Waals surface area contributed by atoms with Gasteiger partial charge in [0, 0.05) is 30.8 Å². The van der Waals surface area contributed by atoms with Crippen LogP contribution in [0.25, 0.3) is 0 Å². The number of rotatable bonds is 8. The summed E-state index contributed by atoms with van der Waals surface area (Å²) in [6.07, 6.45) is 4.61. The van der Waals surface area contributed by atoms with E-state index in [2.05, 4.69) is 16.3 Å². The van der Waals surface area contributed by atoms with Gasteiger partial charge in [0.25, 0.3) is 0 Å². The Kier molecular flexibility index (Phi) is 7.43. The fraction of sp³-hybridized carbons (Fsp3) is 0.480. The molecule has 0 spiro atoms. The zero-order chi connectivity index (χ0) is 22.5. The summed E-state index contributed by atoms with van der Waals surface area (Å²) < 4.78 is 11.3. The van der Waals surface area contributed by atoms with Gasteiger partial charge in [-0.1, -0.05) is 17.7 Å². The fourth-order valence-electron chi connectivity index (χ4n) is 4.39. The van der Waals surface area contributed by atoms with Crippen LogP contribution >= 0.6 is 11.6 Å². The van der Waals surface area contributed by atoms with Gasteiger partial charge in [-0.15, -0.1) is 0 Å². The van der Waals surface area contributed by atoms with Crippen molar-refractivity contribution in [3.8, 4) is 11.5 Å². The van der Waals surface area contributed by atoms with Crippen molar-refractivity contribution in [1.82, 2.24) is 9.80 Å². The third kappa shape index (κ3) is 5.87. The Balaban J connectivity index is 1.19. The summed E-state index contributed by atoms with van der Waals surface area (Å²) in [6, 6.07) is 13.3. The van der Waals surface area contributed by atoms with Crippen molar-refractivity contribution in [1.29, 1.82) is 0 Å². The van der Waals surface area contributed by atoms with Gasteiger partial charge in [0.1, 0.15) is 11.5 Å². The van der Waals surface area contributed by atoms with Crippen molar-refractivity contribution in [2.24, 2.45) is 5.92 Å². The van der Waals surface area contributed by atoms with Crippen molar-refractivity contribution < 1.29 is 14.3 Å². The Bertz CT molecular complexity index is 909. The number of ether oxygens (including phenoxy) is 2. The molecule has 1 aliphatic heterocycles. The topological polar surface area (TPSA) is 54.0 Å². The molecule has 1 saturated carbocycles. The molecule has 0 atom stereocenters. The van der Waals surface area contributed by atoms with Crippen molar-refractivity contribution in [3.05, 3.63) is 53.1 Å². The molecule has 1 heterocycles. The number of anilines is 1. The summed E-state index contributed by atoms with van der Waals surface area (Å²) in [5.74, 6) is 2.03. The van der Waals surface area contributed by atoms with Crippen LogP contribution in [0.4, 0.5) is 10.5 Å². The molecule has 1 saturated heterocycles. The first-order valence-electron chi connectivity index (χ1n) is 11.3. The average molecular weight is 458 g/mol. The molecule has 0 radical (unpaired) electrons. The second-order valence-corrected chi connectivity index (χ2v) is 9.26. The summed E-state index contributed by atoms with van der Waals surface area (Å²) >= 11 is 6.50. The van der Waals surface area contributed by atoms with E-state index in [1.54, 1.807) is 12.0 Å². The molecule has 1 aliphatic carbocycles. The van der Waals surface area contributed by atoms with Crippen molar-refractivity contribution in [2.45, 2.75) is 38.3 Å². The quantitative estimate of drug-likeness (QED) is 0.587. The van der Waals surface area contributed by atoms with E-state index in [1.165, 1.54) is 12.8 Å². The van der Waals surface area contributed by atoms with E-state index in [4.69, 9.17) is 21.1 Å². The predicted octanol–water partition coefficient (Wildman–Crippen LogP) is 5.27. The first-order chi connectivity index (χ1) is 15.5. The molecule has 0 aromatic heterocycles. The van der Waals surface area contributed by atoms with Crippen molar-refractivity contribution in [2.75, 3.05) is 39.1 Å². The maximum absolute atomic E-state index is 12.4. The zero-order valence-electron chi connectivity index (χ0n) is 18.9. The van der Waals surface area contributed by atoms with Gasteiger partial charge in [-0.25, -0.2) is 4.79 Å². The monoisotopic (exact) mass is 457 g/mol. The molecule has 0 unspecified atom stereocenters. The van der Waals surface area contributed by atoms with Crippen LogP contribution in [0, 0.1) is 5.92 Å². The fourth-order valence-corrected chi connectivity index (χ4v) is 4.62. The largest absolute Gasteiger partial charge is 0.497 e. The lowest BCUT2D eigenvalue weighted by Gasteiger charge is -2.37. The number of likely N-dealkylation sites (tertiary alicyclic amines) is 1. The molecule has 6 nitrogen and oxygen atoms in total. The van der Waals surface area contributed by atoms with Gasteiger partial charge < -0.3 is 19.7 Å². The number of carbonyl (C=O) groups excluding carboxylic acids is 1. The Morgan fingerprint density at radius 2 is 1.81 bits per heavy atom. The predicted molar refractivity (Wildman–Crippen MR) is 128 cm³/mol. The Morgan fingerprint density at radius 1 is 1.12 bits per heavy atom. The molecular formula is C25H32ClN3O3. The molecule has 7 heteroatoms. The van der Waals surface area contributed by atoms with Crippen LogP contribution in [0.15, 0.2) is 42.5 Å². The van der Waals surface area contributed by atoms with Gasteiger partial charge in [0.15, 0.2) is 0 Å². The highest BCUT2D eigenvalue weighted by Gasteiger charge is 2.32. The van der Waals surface area contributed by atoms with E-state index in [0.29, 0.717) is 12.5 Å². The zero-order valence-corrected chi connectivity index (χ0v) is 19.6. The highest BCUT2D eigenvalue weighted by Crippen LogP contribution is 2.33. The van der Waals surface area contributed by atoms with Gasteiger partial charge in [0.05, 0.1) is 13.2 Å². The molecule has 0 bridgehead atoms. The lowest BCUT2D eigenvalue weighted by Crippen LogP contribution is -2.43. The van der Waals surface area contributed by atoms with Crippen LogP contribution < -0.4 is 14.8 Å². The lowest BCUT2D eigenvalue weighted by molar-refractivity contribution is 0.0532. The lowest BCUT2D eigenvalue weighted by atomic mass is 9.82. The minimum Gasteiger partial charge on any atom is -0.497 e. The molecule has 2 fully saturated rings. The number of benzene rings is 2. The summed E-state index contributed by atoms with van der Waals surface area (Å²) in [6.45, 7) is 3.93. The summed E-state index contributed by atoms with van der Waals surface area (Å²) in [5.41, 5.74) is 1.92. The van der Waals surface area contributed by atoms with Crippen LogP contribution in [0.3, 0.4) is 0 Å².